The molecule has 0 aromatic rings. The number of halogens is 1. The Morgan fingerprint density at radius 1 is 1.29 bits per heavy atom. The lowest BCUT2D eigenvalue weighted by Crippen LogP contribution is -2.61. The predicted octanol–water partition coefficient (Wildman–Crippen LogP) is 0.0292. The highest BCUT2D eigenvalue weighted by Crippen LogP contribution is 2.36. The molecule has 0 aromatic heterocycles. The molecule has 7 nitrogen and oxygen atoms in total. The Morgan fingerprint density at radius 2 is 1.96 bits per heavy atom. The second-order valence-electron chi connectivity index (χ2n) is 7.00. The van der Waals surface area contributed by atoms with Crippen LogP contribution in [-0.4, -0.2) is 70.1 Å². The Labute approximate surface area is 147 Å². The summed E-state index contributed by atoms with van der Waals surface area (Å²) >= 11 is 0. The maximum Gasteiger partial charge on any atom is 0.341 e. The topological polar surface area (TPSA) is 96.3 Å². The van der Waals surface area contributed by atoms with Gasteiger partial charge in [-0.25, -0.2) is 4.79 Å². The first-order valence-corrected chi connectivity index (χ1v) is 7.91. The molecule has 5 unspecified atom stereocenters. The molecule has 3 rings (SSSR count). The first-order valence-electron chi connectivity index (χ1n) is 7.91. The van der Waals surface area contributed by atoms with Gasteiger partial charge in [0.2, 0.25) is 0 Å². The fourth-order valence-corrected chi connectivity index (χ4v) is 3.52. The molecule has 24 heavy (non-hydrogen) atoms. The van der Waals surface area contributed by atoms with Crippen molar-refractivity contribution < 1.29 is 29.3 Å². The van der Waals surface area contributed by atoms with Crippen LogP contribution in [0.5, 0.6) is 0 Å². The average molecular weight is 362 g/mol. The number of rotatable bonds is 0. The van der Waals surface area contributed by atoms with Gasteiger partial charge in [-0.15, -0.1) is 12.4 Å². The highest BCUT2D eigenvalue weighted by Gasteiger charge is 2.56. The monoisotopic (exact) mass is 361 g/mol. The number of aliphatic hydroxyl groups is 2. The number of esters is 2. The van der Waals surface area contributed by atoms with Crippen molar-refractivity contribution in [2.75, 3.05) is 19.7 Å². The highest BCUT2D eigenvalue weighted by molar-refractivity contribution is 5.85. The summed E-state index contributed by atoms with van der Waals surface area (Å²) in [6.07, 6.45) is 2.34. The Hall–Kier alpha value is -1.15. The van der Waals surface area contributed by atoms with E-state index in [9.17, 15) is 19.8 Å². The van der Waals surface area contributed by atoms with Crippen LogP contribution in [-0.2, 0) is 19.1 Å². The second-order valence-corrected chi connectivity index (χ2v) is 7.00. The molecule has 0 aliphatic carbocycles. The van der Waals surface area contributed by atoms with Crippen molar-refractivity contribution in [2.45, 2.75) is 50.5 Å². The zero-order valence-corrected chi connectivity index (χ0v) is 14.8. The fourth-order valence-electron chi connectivity index (χ4n) is 3.52. The van der Waals surface area contributed by atoms with Gasteiger partial charge in [-0.2, -0.15) is 0 Å². The minimum Gasteiger partial charge on any atom is -0.460 e. The molecule has 5 atom stereocenters. The Balaban J connectivity index is 0.00000208. The summed E-state index contributed by atoms with van der Waals surface area (Å²) in [7, 11) is 0. The Bertz CT molecular complexity index is 573. The molecular weight excluding hydrogens is 338 g/mol. The summed E-state index contributed by atoms with van der Waals surface area (Å²) in [5.41, 5.74) is -3.35. The van der Waals surface area contributed by atoms with Gasteiger partial charge in [-0.3, -0.25) is 9.69 Å². The maximum absolute atomic E-state index is 12.4. The molecule has 0 aromatic carbocycles. The lowest BCUT2D eigenvalue weighted by molar-refractivity contribution is -0.205. The van der Waals surface area contributed by atoms with Gasteiger partial charge in [-0.05, 0) is 32.8 Å². The number of carbonyl (C=O) groups excluding carboxylic acids is 2. The zero-order valence-electron chi connectivity index (χ0n) is 14.0. The largest absolute Gasteiger partial charge is 0.460 e. The molecule has 2 fully saturated rings. The molecule has 3 aliphatic rings. The van der Waals surface area contributed by atoms with E-state index in [0.29, 0.717) is 6.42 Å². The van der Waals surface area contributed by atoms with Crippen LogP contribution in [0.1, 0.15) is 27.2 Å². The van der Waals surface area contributed by atoms with E-state index >= 15 is 0 Å². The van der Waals surface area contributed by atoms with E-state index in [2.05, 4.69) is 4.90 Å². The summed E-state index contributed by atoms with van der Waals surface area (Å²) in [5, 5.41) is 21.1. The number of ether oxygens (including phenoxy) is 2. The van der Waals surface area contributed by atoms with Crippen molar-refractivity contribution in [3.8, 4) is 0 Å². The molecule has 0 spiro atoms. The third-order valence-electron chi connectivity index (χ3n) is 5.63. The van der Waals surface area contributed by atoms with E-state index in [4.69, 9.17) is 9.47 Å². The molecular formula is C16H24ClNO6. The number of nitrogens with zero attached hydrogens (tertiary/aromatic N) is 1. The van der Waals surface area contributed by atoms with Gasteiger partial charge in [0.15, 0.2) is 5.60 Å². The second kappa shape index (κ2) is 6.29. The van der Waals surface area contributed by atoms with Crippen LogP contribution in [0.4, 0.5) is 0 Å². The van der Waals surface area contributed by atoms with Crippen LogP contribution in [0, 0.1) is 5.92 Å². The van der Waals surface area contributed by atoms with Crippen molar-refractivity contribution in [3.05, 3.63) is 11.6 Å². The highest BCUT2D eigenvalue weighted by atomic mass is 35.5. The van der Waals surface area contributed by atoms with Gasteiger partial charge in [0.05, 0.1) is 12.0 Å². The average Bonchev–Trinajstić information content (AvgIpc) is 3.06. The van der Waals surface area contributed by atoms with Gasteiger partial charge >= 0.3 is 11.9 Å². The van der Waals surface area contributed by atoms with Crippen molar-refractivity contribution in [1.82, 2.24) is 4.90 Å². The van der Waals surface area contributed by atoms with E-state index in [0.717, 1.165) is 25.6 Å². The summed E-state index contributed by atoms with van der Waals surface area (Å²) in [6.45, 7) is 5.41. The van der Waals surface area contributed by atoms with Crippen LogP contribution in [0.25, 0.3) is 0 Å². The molecule has 0 radical (unpaired) electrons. The number of hydrogen-bond donors (Lipinski definition) is 2. The van der Waals surface area contributed by atoms with E-state index in [1.54, 1.807) is 0 Å². The molecule has 2 N–H and O–H groups in total. The minimum absolute atomic E-state index is 0. The van der Waals surface area contributed by atoms with Gasteiger partial charge < -0.3 is 19.7 Å². The van der Waals surface area contributed by atoms with Crippen LogP contribution >= 0.6 is 12.4 Å². The third-order valence-corrected chi connectivity index (χ3v) is 5.63. The van der Waals surface area contributed by atoms with Gasteiger partial charge in [-0.1, -0.05) is 6.08 Å². The normalized spacial score (nSPS) is 43.0. The molecule has 3 aliphatic heterocycles. The van der Waals surface area contributed by atoms with Crippen molar-refractivity contribution in [2.24, 2.45) is 5.92 Å². The van der Waals surface area contributed by atoms with E-state index in [1.807, 2.05) is 6.08 Å². The summed E-state index contributed by atoms with van der Waals surface area (Å²) in [6, 6.07) is -0.0908. The Kier molecular flexibility index (Phi) is 5.03. The lowest BCUT2D eigenvalue weighted by Gasteiger charge is -2.39. The predicted molar refractivity (Wildman–Crippen MR) is 86.6 cm³/mol. The first-order chi connectivity index (χ1) is 10.7. The number of carbonyl (C=O) groups is 2. The van der Waals surface area contributed by atoms with Gasteiger partial charge in [0, 0.05) is 13.1 Å². The van der Waals surface area contributed by atoms with Crippen molar-refractivity contribution in [1.29, 1.82) is 0 Å². The SMILES string of the molecule is CC1C(=O)OC2CCN3CC=C(COC(=O)C(C)(O)C1(C)O)C23.Cl. The van der Waals surface area contributed by atoms with E-state index in [1.165, 1.54) is 13.8 Å². The van der Waals surface area contributed by atoms with E-state index < -0.39 is 29.1 Å². The minimum atomic E-state index is -2.22. The number of cyclic esters (lactones) is 1. The lowest BCUT2D eigenvalue weighted by atomic mass is 9.76. The fraction of sp³-hybridized carbons (Fsp3) is 0.750. The van der Waals surface area contributed by atoms with Crippen LogP contribution in [0.15, 0.2) is 11.6 Å². The Morgan fingerprint density at radius 3 is 2.62 bits per heavy atom. The standard InChI is InChI=1S/C16H23NO6.ClH/c1-9-13(18)23-11-5-7-17-6-4-10(12(11)17)8-22-14(19)16(3,21)15(9,2)20;/h4,9,11-12,20-21H,5-8H2,1-3H3;1H. The zero-order chi connectivity index (χ0) is 17.0. The van der Waals surface area contributed by atoms with Crippen LogP contribution in [0.2, 0.25) is 0 Å². The smallest absolute Gasteiger partial charge is 0.341 e. The molecule has 8 heteroatoms. The van der Waals surface area contributed by atoms with Crippen molar-refractivity contribution >= 4 is 24.3 Å². The van der Waals surface area contributed by atoms with Gasteiger partial charge in [0.1, 0.15) is 18.3 Å². The summed E-state index contributed by atoms with van der Waals surface area (Å²) < 4.78 is 10.8. The summed E-state index contributed by atoms with van der Waals surface area (Å²) in [5.74, 6) is -2.65. The third kappa shape index (κ3) is 2.73. The van der Waals surface area contributed by atoms with E-state index in [-0.39, 0.29) is 31.2 Å². The molecule has 0 bridgehead atoms. The molecule has 3 heterocycles. The molecule has 0 saturated carbocycles. The maximum atomic E-state index is 12.4. The van der Waals surface area contributed by atoms with Crippen molar-refractivity contribution in [3.63, 3.8) is 0 Å². The summed E-state index contributed by atoms with van der Waals surface area (Å²) in [4.78, 5) is 26.9. The first kappa shape index (κ1) is 19.2. The van der Waals surface area contributed by atoms with Crippen LogP contribution in [0.3, 0.4) is 0 Å². The van der Waals surface area contributed by atoms with Crippen LogP contribution < -0.4 is 0 Å². The molecule has 136 valence electrons. The van der Waals surface area contributed by atoms with Gasteiger partial charge in [0.25, 0.3) is 0 Å². The molecule has 0 amide bonds. The number of hydrogen-bond acceptors (Lipinski definition) is 7. The quantitative estimate of drug-likeness (QED) is 0.464. The molecule has 2 saturated heterocycles.